The van der Waals surface area contributed by atoms with E-state index in [1.54, 1.807) is 17.0 Å². The molecule has 0 saturated heterocycles. The molecule has 0 saturated carbocycles. The van der Waals surface area contributed by atoms with Crippen LogP contribution in [-0.2, 0) is 16.6 Å². The Balaban J connectivity index is 1.91. The van der Waals surface area contributed by atoms with Crippen molar-refractivity contribution in [3.8, 4) is 0 Å². The predicted molar refractivity (Wildman–Crippen MR) is 144 cm³/mol. The second-order valence-corrected chi connectivity index (χ2v) is 10.1. The monoisotopic (exact) mass is 576 g/mol. The maximum Gasteiger partial charge on any atom is 0.270 e. The highest BCUT2D eigenvalue weighted by Gasteiger charge is 2.20. The Bertz CT molecular complexity index is 1180. The van der Waals surface area contributed by atoms with Gasteiger partial charge in [0.05, 0.1) is 21.1 Å². The number of halogens is 2. The maximum absolute atomic E-state index is 12.9. The Morgan fingerprint density at radius 1 is 1.03 bits per heavy atom. The molecule has 0 radical (unpaired) electrons. The van der Waals surface area contributed by atoms with E-state index in [0.29, 0.717) is 48.7 Å². The summed E-state index contributed by atoms with van der Waals surface area (Å²) in [6, 6.07) is 10.1. The predicted octanol–water partition coefficient (Wildman–Crippen LogP) is 1.92. The molecule has 2 aromatic carbocycles. The van der Waals surface area contributed by atoms with Gasteiger partial charge in [0.25, 0.3) is 11.6 Å². The molecule has 0 spiro atoms. The van der Waals surface area contributed by atoms with Gasteiger partial charge < -0.3 is 20.9 Å². The average Bonchev–Trinajstić information content (AvgIpc) is 2.84. The molecule has 0 heterocycles. The molecule has 0 aliphatic carbocycles. The van der Waals surface area contributed by atoms with Crippen molar-refractivity contribution in [2.75, 3.05) is 42.8 Å². The number of amides is 1. The highest BCUT2D eigenvalue weighted by molar-refractivity contribution is 7.89. The number of hydrogen-bond acceptors (Lipinski definition) is 7. The van der Waals surface area contributed by atoms with Crippen LogP contribution in [-0.4, -0.2) is 62.3 Å². The van der Waals surface area contributed by atoms with E-state index in [1.807, 2.05) is 0 Å². The van der Waals surface area contributed by atoms with Crippen LogP contribution in [0.2, 0.25) is 0 Å². The van der Waals surface area contributed by atoms with Gasteiger partial charge in [0.2, 0.25) is 10.0 Å². The number of carbonyl (C=O) groups is 1. The van der Waals surface area contributed by atoms with Gasteiger partial charge >= 0.3 is 0 Å². The summed E-state index contributed by atoms with van der Waals surface area (Å²) in [6.07, 6.45) is 0. The lowest BCUT2D eigenvalue weighted by molar-refractivity contribution is -0.384. The number of nitrogens with zero attached hydrogens (tertiary/aromatic N) is 2. The molecule has 0 atom stereocenters. The molecule has 0 aromatic heterocycles. The summed E-state index contributed by atoms with van der Waals surface area (Å²) in [7, 11) is -3.75. The number of benzene rings is 2. The smallest absolute Gasteiger partial charge is 0.270 e. The lowest BCUT2D eigenvalue weighted by Gasteiger charge is -2.25. The van der Waals surface area contributed by atoms with Gasteiger partial charge in [0.1, 0.15) is 0 Å². The number of alkyl halides is 2. The molecule has 1 amide bonds. The second kappa shape index (κ2) is 14.1. The number of nitrogens with two attached hydrogens (primary N) is 1. The minimum Gasteiger partial charge on any atom is -0.368 e. The van der Waals surface area contributed by atoms with Crippen LogP contribution in [0.15, 0.2) is 47.4 Å². The number of hydrogen-bond donors (Lipinski definition) is 4. The fraction of sp³-hybridized carbons (Fsp3) is 0.333. The van der Waals surface area contributed by atoms with E-state index in [2.05, 4.69) is 16.0 Å². The zero-order valence-electron chi connectivity index (χ0n) is 19.1. The van der Waals surface area contributed by atoms with Crippen molar-refractivity contribution in [2.45, 2.75) is 11.4 Å². The van der Waals surface area contributed by atoms with Crippen LogP contribution in [0.3, 0.4) is 0 Å². The average molecular weight is 578 g/mol. The molecule has 0 aliphatic rings. The number of rotatable bonds is 13. The van der Waals surface area contributed by atoms with Gasteiger partial charge in [-0.3, -0.25) is 14.9 Å². The lowest BCUT2D eigenvalue weighted by Crippen LogP contribution is -2.40. The SMILES string of the molecule is NS(=O)(=O)c1ccc(CNC(=S)NCCNC(=O)c2cc([N+](=O)[O-])ccc2N(CCCl)CCCl)cc1. The summed E-state index contributed by atoms with van der Waals surface area (Å²) in [5, 5.41) is 25.3. The van der Waals surface area contributed by atoms with Crippen LogP contribution in [0, 0.1) is 10.1 Å². The number of sulfonamides is 1. The Hall–Kier alpha value is -2.71. The number of nitro benzene ring substituents is 1. The molecule has 11 nitrogen and oxygen atoms in total. The number of anilines is 1. The van der Waals surface area contributed by atoms with Crippen molar-refractivity contribution in [3.05, 3.63) is 63.7 Å². The minimum absolute atomic E-state index is 0.0167. The molecule has 0 unspecified atom stereocenters. The van der Waals surface area contributed by atoms with Gasteiger partial charge in [-0.25, -0.2) is 13.6 Å². The van der Waals surface area contributed by atoms with Crippen molar-refractivity contribution < 1.29 is 18.1 Å². The normalized spacial score (nSPS) is 11.0. The summed E-state index contributed by atoms with van der Waals surface area (Å²) in [5.41, 5.74) is 1.22. The summed E-state index contributed by atoms with van der Waals surface area (Å²) in [6.45, 7) is 1.66. The van der Waals surface area contributed by atoms with Gasteiger partial charge in [-0.05, 0) is 36.0 Å². The summed E-state index contributed by atoms with van der Waals surface area (Å²) in [4.78, 5) is 25.3. The van der Waals surface area contributed by atoms with E-state index in [1.165, 1.54) is 30.3 Å². The molecule has 5 N–H and O–H groups in total. The van der Waals surface area contributed by atoms with Crippen molar-refractivity contribution in [2.24, 2.45) is 5.14 Å². The first-order valence-corrected chi connectivity index (χ1v) is 13.7. The topological polar surface area (TPSA) is 160 Å². The van der Waals surface area contributed by atoms with E-state index in [9.17, 15) is 23.3 Å². The molecule has 0 bridgehead atoms. The molecule has 15 heteroatoms. The Morgan fingerprint density at radius 2 is 1.64 bits per heavy atom. The molecular formula is C21H26Cl2N6O5S2. The lowest BCUT2D eigenvalue weighted by atomic mass is 10.1. The van der Waals surface area contributed by atoms with Crippen molar-refractivity contribution in [1.29, 1.82) is 0 Å². The second-order valence-electron chi connectivity index (χ2n) is 7.38. The third kappa shape index (κ3) is 9.06. The Morgan fingerprint density at radius 3 is 2.19 bits per heavy atom. The van der Waals surface area contributed by atoms with Crippen LogP contribution in [0.1, 0.15) is 15.9 Å². The number of nitro groups is 1. The number of thiocarbonyl (C=S) groups is 1. The van der Waals surface area contributed by atoms with E-state index >= 15 is 0 Å². The fourth-order valence-corrected chi connectivity index (χ4v) is 4.24. The first-order chi connectivity index (χ1) is 17.1. The van der Waals surface area contributed by atoms with Crippen molar-refractivity contribution >= 4 is 67.8 Å². The van der Waals surface area contributed by atoms with Gasteiger partial charge in [0.15, 0.2) is 5.11 Å². The standard InChI is InChI=1S/C21H26Cl2N6O5S2/c22-7-11-28(12-8-23)19-6-3-16(29(31)32)13-18(19)20(30)25-9-10-26-21(35)27-14-15-1-4-17(5-2-15)36(24,33)34/h1-6,13H,7-12,14H2,(H,25,30)(H2,24,33,34)(H2,26,27,35). The zero-order valence-corrected chi connectivity index (χ0v) is 22.2. The van der Waals surface area contributed by atoms with Crippen LogP contribution >= 0.6 is 35.4 Å². The van der Waals surface area contributed by atoms with Crippen LogP contribution in [0.5, 0.6) is 0 Å². The Kier molecular flexibility index (Phi) is 11.6. The molecule has 2 aromatic rings. The quantitative estimate of drug-likeness (QED) is 0.0917. The molecule has 0 fully saturated rings. The summed E-state index contributed by atoms with van der Waals surface area (Å²) >= 11 is 16.9. The highest BCUT2D eigenvalue weighted by atomic mass is 35.5. The zero-order chi connectivity index (χ0) is 26.7. The van der Waals surface area contributed by atoms with Crippen LogP contribution < -0.4 is 26.0 Å². The third-order valence-electron chi connectivity index (χ3n) is 4.89. The number of non-ortho nitro benzene ring substituents is 1. The summed E-state index contributed by atoms with van der Waals surface area (Å²) < 4.78 is 22.6. The molecule has 0 aliphatic heterocycles. The largest absolute Gasteiger partial charge is 0.368 e. The molecule has 36 heavy (non-hydrogen) atoms. The van der Waals surface area contributed by atoms with Crippen molar-refractivity contribution in [1.82, 2.24) is 16.0 Å². The Labute approximate surface area is 224 Å². The number of primary sulfonamides is 1. The molecule has 196 valence electrons. The summed E-state index contributed by atoms with van der Waals surface area (Å²) in [5.74, 6) is 0.0949. The molecule has 2 rings (SSSR count). The highest BCUT2D eigenvalue weighted by Crippen LogP contribution is 2.26. The van der Waals surface area contributed by atoms with Gasteiger partial charge in [-0.2, -0.15) is 0 Å². The van der Waals surface area contributed by atoms with E-state index in [4.69, 9.17) is 40.6 Å². The van der Waals surface area contributed by atoms with Crippen LogP contribution in [0.4, 0.5) is 11.4 Å². The number of carbonyl (C=O) groups excluding carboxylic acids is 1. The molecular weight excluding hydrogens is 551 g/mol. The maximum atomic E-state index is 12.9. The minimum atomic E-state index is -3.75. The first kappa shape index (κ1) is 29.5. The van der Waals surface area contributed by atoms with E-state index in [0.717, 1.165) is 5.56 Å². The van der Waals surface area contributed by atoms with E-state index < -0.39 is 20.9 Å². The number of nitrogens with one attached hydrogen (secondary N) is 3. The van der Waals surface area contributed by atoms with Crippen LogP contribution in [0.25, 0.3) is 0 Å². The van der Waals surface area contributed by atoms with Gasteiger partial charge in [0, 0.05) is 56.6 Å². The van der Waals surface area contributed by atoms with Crippen molar-refractivity contribution in [3.63, 3.8) is 0 Å². The first-order valence-electron chi connectivity index (χ1n) is 10.6. The fourth-order valence-electron chi connectivity index (χ4n) is 3.14. The van der Waals surface area contributed by atoms with Gasteiger partial charge in [-0.1, -0.05) is 12.1 Å². The van der Waals surface area contributed by atoms with Gasteiger partial charge in [-0.15, -0.1) is 23.2 Å². The third-order valence-corrected chi connectivity index (χ3v) is 6.44. The van der Waals surface area contributed by atoms with E-state index in [-0.39, 0.29) is 22.7 Å².